The number of nitrogens with one attached hydrogen (secondary N) is 3. The fourth-order valence-corrected chi connectivity index (χ4v) is 3.45. The van der Waals surface area contributed by atoms with Crippen LogP contribution in [0, 0.1) is 0 Å². The number of esters is 1. The number of aromatic nitrogens is 2. The third kappa shape index (κ3) is 5.29. The highest BCUT2D eigenvalue weighted by Gasteiger charge is 2.22. The minimum absolute atomic E-state index is 0.181. The Bertz CT molecular complexity index is 1330. The number of aromatic amines is 1. The molecule has 172 valence electrons. The van der Waals surface area contributed by atoms with Gasteiger partial charge in [-0.15, -0.1) is 0 Å². The highest BCUT2D eigenvalue weighted by atomic mass is 16.5. The molecule has 0 bridgehead atoms. The van der Waals surface area contributed by atoms with Gasteiger partial charge in [0.15, 0.2) is 6.10 Å². The highest BCUT2D eigenvalue weighted by molar-refractivity contribution is 5.99. The van der Waals surface area contributed by atoms with Gasteiger partial charge >= 0.3 is 5.97 Å². The van der Waals surface area contributed by atoms with E-state index in [0.717, 1.165) is 11.1 Å². The van der Waals surface area contributed by atoms with Crippen LogP contribution in [0.4, 0.5) is 11.4 Å². The van der Waals surface area contributed by atoms with Crippen molar-refractivity contribution in [2.75, 3.05) is 10.6 Å². The summed E-state index contributed by atoms with van der Waals surface area (Å²) in [5.41, 5.74) is 3.83. The molecule has 0 fully saturated rings. The summed E-state index contributed by atoms with van der Waals surface area (Å²) in [5, 5.41) is 5.40. The van der Waals surface area contributed by atoms with Crippen molar-refractivity contribution in [3.05, 3.63) is 78.4 Å². The van der Waals surface area contributed by atoms with E-state index >= 15 is 0 Å². The van der Waals surface area contributed by atoms with Crippen LogP contribution < -0.4 is 10.6 Å². The van der Waals surface area contributed by atoms with Crippen molar-refractivity contribution in [2.45, 2.75) is 26.4 Å². The number of hydrogen-bond donors (Lipinski definition) is 3. The maximum absolute atomic E-state index is 12.8. The molecular weight excluding hydrogens is 432 g/mol. The van der Waals surface area contributed by atoms with E-state index in [4.69, 9.17) is 4.74 Å². The van der Waals surface area contributed by atoms with Crippen LogP contribution in [-0.4, -0.2) is 33.9 Å². The zero-order valence-corrected chi connectivity index (χ0v) is 18.8. The third-order valence-corrected chi connectivity index (χ3v) is 5.15. The van der Waals surface area contributed by atoms with Crippen LogP contribution in [0.2, 0.25) is 0 Å². The maximum Gasteiger partial charge on any atom is 0.338 e. The summed E-state index contributed by atoms with van der Waals surface area (Å²) in [6.07, 6.45) is -0.647. The van der Waals surface area contributed by atoms with E-state index in [-0.39, 0.29) is 5.91 Å². The van der Waals surface area contributed by atoms with Crippen LogP contribution >= 0.6 is 0 Å². The maximum atomic E-state index is 12.8. The van der Waals surface area contributed by atoms with Gasteiger partial charge < -0.3 is 20.4 Å². The first kappa shape index (κ1) is 22.7. The number of nitrogens with zero attached hydrogens (tertiary/aromatic N) is 1. The summed E-state index contributed by atoms with van der Waals surface area (Å²) in [7, 11) is 0. The second-order valence-electron chi connectivity index (χ2n) is 7.73. The number of rotatable bonds is 7. The van der Waals surface area contributed by atoms with Crippen molar-refractivity contribution in [3.63, 3.8) is 0 Å². The second-order valence-corrected chi connectivity index (χ2v) is 7.73. The van der Waals surface area contributed by atoms with Crippen molar-refractivity contribution in [1.82, 2.24) is 9.97 Å². The number of benzene rings is 3. The van der Waals surface area contributed by atoms with Crippen LogP contribution in [0.1, 0.15) is 30.6 Å². The molecule has 1 unspecified atom stereocenters. The lowest BCUT2D eigenvalue weighted by molar-refractivity contribution is -0.124. The van der Waals surface area contributed by atoms with Gasteiger partial charge in [-0.3, -0.25) is 9.59 Å². The second kappa shape index (κ2) is 9.99. The third-order valence-electron chi connectivity index (χ3n) is 5.15. The Morgan fingerprint density at radius 1 is 0.941 bits per heavy atom. The molecule has 1 aromatic heterocycles. The topological polar surface area (TPSA) is 113 Å². The minimum atomic E-state index is -0.958. The number of H-pyrrole nitrogens is 1. The zero-order chi connectivity index (χ0) is 24.1. The molecule has 34 heavy (non-hydrogen) atoms. The van der Waals surface area contributed by atoms with Crippen LogP contribution in [0.15, 0.2) is 72.8 Å². The summed E-state index contributed by atoms with van der Waals surface area (Å²) in [6.45, 7) is 3.18. The molecule has 1 heterocycles. The molecule has 0 radical (unpaired) electrons. The van der Waals surface area contributed by atoms with E-state index in [1.165, 1.54) is 6.92 Å². The van der Waals surface area contributed by atoms with Gasteiger partial charge in [-0.05, 0) is 48.9 Å². The lowest BCUT2D eigenvalue weighted by Gasteiger charge is -2.16. The molecule has 1 atom stereocenters. The van der Waals surface area contributed by atoms with Gasteiger partial charge in [0.2, 0.25) is 5.91 Å². The Morgan fingerprint density at radius 2 is 1.62 bits per heavy atom. The number of amides is 2. The van der Waals surface area contributed by atoms with Crippen LogP contribution in [0.25, 0.3) is 22.4 Å². The molecule has 0 saturated carbocycles. The predicted octanol–water partition coefficient (Wildman–Crippen LogP) is 4.76. The molecule has 3 N–H and O–H groups in total. The van der Waals surface area contributed by atoms with E-state index in [0.29, 0.717) is 34.7 Å². The van der Waals surface area contributed by atoms with Gasteiger partial charge in [-0.1, -0.05) is 37.3 Å². The van der Waals surface area contributed by atoms with E-state index in [1.807, 2.05) is 30.3 Å². The molecule has 0 aliphatic carbocycles. The monoisotopic (exact) mass is 456 g/mol. The van der Waals surface area contributed by atoms with Gasteiger partial charge in [0.25, 0.3) is 5.91 Å². The van der Waals surface area contributed by atoms with Crippen molar-refractivity contribution < 1.29 is 19.1 Å². The molecule has 0 spiro atoms. The van der Waals surface area contributed by atoms with Gasteiger partial charge in [0.05, 0.1) is 16.6 Å². The van der Waals surface area contributed by atoms with E-state index in [1.54, 1.807) is 49.4 Å². The lowest BCUT2D eigenvalue weighted by atomic mass is 10.2. The summed E-state index contributed by atoms with van der Waals surface area (Å²) >= 11 is 0. The fraction of sp³-hybridized carbons (Fsp3) is 0.154. The van der Waals surface area contributed by atoms with Crippen molar-refractivity contribution >= 4 is 40.2 Å². The number of hydrogen-bond acceptors (Lipinski definition) is 5. The highest BCUT2D eigenvalue weighted by Crippen LogP contribution is 2.22. The molecule has 0 saturated heterocycles. The van der Waals surface area contributed by atoms with Crippen LogP contribution in [-0.2, 0) is 14.3 Å². The fourth-order valence-electron chi connectivity index (χ4n) is 3.45. The molecule has 3 aromatic carbocycles. The number of ether oxygens (including phenoxy) is 1. The average Bonchev–Trinajstić information content (AvgIpc) is 3.27. The molecular formula is C26H24N4O4. The quantitative estimate of drug-likeness (QED) is 0.347. The first-order valence-corrected chi connectivity index (χ1v) is 10.9. The summed E-state index contributed by atoms with van der Waals surface area (Å²) in [6, 6.07) is 21.4. The van der Waals surface area contributed by atoms with Gasteiger partial charge in [-0.25, -0.2) is 9.78 Å². The number of imidazole rings is 1. The number of carbonyl (C=O) groups is 3. The van der Waals surface area contributed by atoms with Crippen molar-refractivity contribution in [1.29, 1.82) is 0 Å². The average molecular weight is 457 g/mol. The first-order valence-electron chi connectivity index (χ1n) is 10.9. The van der Waals surface area contributed by atoms with Gasteiger partial charge in [-0.2, -0.15) is 0 Å². The summed E-state index contributed by atoms with van der Waals surface area (Å²) < 4.78 is 5.49. The van der Waals surface area contributed by atoms with E-state index in [9.17, 15) is 14.4 Å². The van der Waals surface area contributed by atoms with Gasteiger partial charge in [0.1, 0.15) is 5.82 Å². The molecule has 0 aliphatic rings. The lowest BCUT2D eigenvalue weighted by Crippen LogP contribution is -2.32. The molecule has 4 rings (SSSR count). The Hall–Kier alpha value is -4.46. The molecule has 8 heteroatoms. The number of carbonyl (C=O) groups excluding carboxylic acids is 3. The molecule has 4 aromatic rings. The number of anilines is 2. The van der Waals surface area contributed by atoms with Gasteiger partial charge in [0, 0.05) is 23.9 Å². The summed E-state index contributed by atoms with van der Waals surface area (Å²) in [5.74, 6) is -0.506. The van der Waals surface area contributed by atoms with Crippen molar-refractivity contribution in [3.8, 4) is 11.4 Å². The van der Waals surface area contributed by atoms with E-state index in [2.05, 4.69) is 20.6 Å². The van der Waals surface area contributed by atoms with Crippen molar-refractivity contribution in [2.24, 2.45) is 0 Å². The predicted molar refractivity (Wildman–Crippen MR) is 130 cm³/mol. The normalized spacial score (nSPS) is 11.6. The minimum Gasteiger partial charge on any atom is -0.449 e. The Balaban J connectivity index is 1.43. The molecule has 0 aliphatic heterocycles. The Labute approximate surface area is 196 Å². The summed E-state index contributed by atoms with van der Waals surface area (Å²) in [4.78, 5) is 44.3. The van der Waals surface area contributed by atoms with Crippen LogP contribution in [0.3, 0.4) is 0 Å². The molecule has 2 amide bonds. The first-order chi connectivity index (χ1) is 16.4. The molecule has 8 nitrogen and oxygen atoms in total. The van der Waals surface area contributed by atoms with E-state index < -0.39 is 18.0 Å². The van der Waals surface area contributed by atoms with Crippen LogP contribution in [0.5, 0.6) is 0 Å². The Morgan fingerprint density at radius 3 is 2.26 bits per heavy atom. The largest absolute Gasteiger partial charge is 0.449 e. The standard InChI is InChI=1S/C26H24N4O4/c1-3-23(25(32)28-20-12-10-19(11-13-20)27-16(2)31)34-26(33)18-9-14-21-22(15-18)30-24(29-21)17-7-5-4-6-8-17/h4-15,23H,3H2,1-2H3,(H,27,31)(H,28,32)(H,29,30). The smallest absolute Gasteiger partial charge is 0.338 e. The Kier molecular flexibility index (Phi) is 6.68. The number of fused-ring (bicyclic) bond motifs is 1. The SMILES string of the molecule is CCC(OC(=O)c1ccc2nc(-c3ccccc3)[nH]c2c1)C(=O)Nc1ccc(NC(C)=O)cc1. The zero-order valence-electron chi connectivity index (χ0n) is 18.8.